The fraction of sp³-hybridized carbons (Fsp3) is 0.522. The van der Waals surface area contributed by atoms with Crippen molar-refractivity contribution in [2.45, 2.75) is 51.3 Å². The average molecular weight is 463 g/mol. The molecule has 1 fully saturated rings. The zero-order valence-corrected chi connectivity index (χ0v) is 18.8. The SMILES string of the molecule is C[C@H]1CC(Cc2ncc3c(n2)CN(C(=O)N[C@H](CO)c2ccc(Cl)c(F)c2)CC3)CCO1. The standard InChI is InChI=1S/C23H28ClFN4O3/c1-14-8-15(5-7-32-14)9-22-26-11-17-4-6-29(12-20(17)27-22)23(31)28-21(13-30)16-2-3-18(24)19(25)10-16/h2-3,10-11,14-15,21,30H,4-9,12-13H2,1H3,(H,28,31)/t14-,15?,21+/m0/s1. The van der Waals surface area contributed by atoms with Gasteiger partial charge in [-0.2, -0.15) is 0 Å². The molecule has 0 spiro atoms. The van der Waals surface area contributed by atoms with Gasteiger partial charge in [0.15, 0.2) is 0 Å². The maximum absolute atomic E-state index is 13.8. The van der Waals surface area contributed by atoms with Crippen LogP contribution in [0.5, 0.6) is 0 Å². The molecule has 3 heterocycles. The van der Waals surface area contributed by atoms with Crippen molar-refractivity contribution in [3.63, 3.8) is 0 Å². The minimum Gasteiger partial charge on any atom is -0.394 e. The second-order valence-corrected chi connectivity index (χ2v) is 8.97. The number of amides is 2. The number of halogens is 2. The summed E-state index contributed by atoms with van der Waals surface area (Å²) in [5.41, 5.74) is 2.36. The Hall–Kier alpha value is -2.29. The molecule has 4 rings (SSSR count). The van der Waals surface area contributed by atoms with Gasteiger partial charge in [0.2, 0.25) is 0 Å². The van der Waals surface area contributed by atoms with E-state index in [1.165, 1.54) is 12.1 Å². The maximum atomic E-state index is 13.8. The van der Waals surface area contributed by atoms with Crippen molar-refractivity contribution in [2.75, 3.05) is 19.8 Å². The zero-order chi connectivity index (χ0) is 22.7. The Bertz CT molecular complexity index is 976. The number of fused-ring (bicyclic) bond motifs is 1. The molecule has 32 heavy (non-hydrogen) atoms. The van der Waals surface area contributed by atoms with E-state index in [1.54, 1.807) is 11.0 Å². The number of carbonyl (C=O) groups excluding carboxylic acids is 1. The molecule has 2 amide bonds. The number of aliphatic hydroxyl groups is 1. The topological polar surface area (TPSA) is 87.6 Å². The number of benzene rings is 1. The predicted octanol–water partition coefficient (Wildman–Crippen LogP) is 3.43. The number of aliphatic hydroxyl groups excluding tert-OH is 1. The molecule has 0 bridgehead atoms. The minimum absolute atomic E-state index is 0.00454. The molecular weight excluding hydrogens is 435 g/mol. The monoisotopic (exact) mass is 462 g/mol. The zero-order valence-electron chi connectivity index (χ0n) is 18.1. The molecule has 0 radical (unpaired) electrons. The van der Waals surface area contributed by atoms with Gasteiger partial charge in [-0.1, -0.05) is 17.7 Å². The number of hydrogen-bond donors (Lipinski definition) is 2. The predicted molar refractivity (Wildman–Crippen MR) is 118 cm³/mol. The molecule has 2 N–H and O–H groups in total. The molecule has 0 saturated carbocycles. The Morgan fingerprint density at radius 2 is 2.31 bits per heavy atom. The number of rotatable bonds is 5. The first kappa shape index (κ1) is 22.9. The Kier molecular flexibility index (Phi) is 7.23. The second-order valence-electron chi connectivity index (χ2n) is 8.56. The van der Waals surface area contributed by atoms with Crippen LogP contribution in [0.4, 0.5) is 9.18 Å². The summed E-state index contributed by atoms with van der Waals surface area (Å²) in [5.74, 6) is 0.715. The number of carbonyl (C=O) groups is 1. The third-order valence-corrected chi connectivity index (χ3v) is 6.48. The lowest BCUT2D eigenvalue weighted by Gasteiger charge is -2.30. The highest BCUT2D eigenvalue weighted by Crippen LogP contribution is 2.25. The molecule has 0 aliphatic carbocycles. The second kappa shape index (κ2) is 10.1. The fourth-order valence-electron chi connectivity index (χ4n) is 4.35. The highest BCUT2D eigenvalue weighted by Gasteiger charge is 2.26. The molecule has 1 unspecified atom stereocenters. The largest absolute Gasteiger partial charge is 0.394 e. The van der Waals surface area contributed by atoms with Crippen LogP contribution in [-0.4, -0.2) is 51.9 Å². The van der Waals surface area contributed by atoms with Crippen LogP contribution in [0.15, 0.2) is 24.4 Å². The van der Waals surface area contributed by atoms with Gasteiger partial charge < -0.3 is 20.1 Å². The molecule has 2 aromatic rings. The summed E-state index contributed by atoms with van der Waals surface area (Å²) in [6.07, 6.45) is 5.62. The smallest absolute Gasteiger partial charge is 0.318 e. The Morgan fingerprint density at radius 1 is 1.47 bits per heavy atom. The normalized spacial score (nSPS) is 21.7. The van der Waals surface area contributed by atoms with Gasteiger partial charge in [-0.25, -0.2) is 19.2 Å². The molecule has 1 saturated heterocycles. The molecule has 9 heteroatoms. The van der Waals surface area contributed by atoms with E-state index in [4.69, 9.17) is 21.3 Å². The van der Waals surface area contributed by atoms with Gasteiger partial charge in [-0.15, -0.1) is 0 Å². The summed E-state index contributed by atoms with van der Waals surface area (Å²) >= 11 is 5.73. The van der Waals surface area contributed by atoms with Crippen molar-refractivity contribution >= 4 is 17.6 Å². The lowest BCUT2D eigenvalue weighted by Crippen LogP contribution is -2.45. The van der Waals surface area contributed by atoms with Crippen molar-refractivity contribution in [3.8, 4) is 0 Å². The number of nitrogens with one attached hydrogen (secondary N) is 1. The van der Waals surface area contributed by atoms with Gasteiger partial charge in [0.1, 0.15) is 11.6 Å². The molecule has 2 aliphatic rings. The van der Waals surface area contributed by atoms with Crippen LogP contribution in [0.2, 0.25) is 5.02 Å². The van der Waals surface area contributed by atoms with E-state index in [1.807, 2.05) is 6.20 Å². The summed E-state index contributed by atoms with van der Waals surface area (Å²) in [6.45, 7) is 3.40. The Labute approximate surface area is 192 Å². The van der Waals surface area contributed by atoms with Crippen LogP contribution in [0.3, 0.4) is 0 Å². The first-order valence-corrected chi connectivity index (χ1v) is 11.4. The van der Waals surface area contributed by atoms with E-state index in [-0.39, 0.29) is 23.8 Å². The number of hydrogen-bond acceptors (Lipinski definition) is 5. The lowest BCUT2D eigenvalue weighted by molar-refractivity contribution is 0.00242. The van der Waals surface area contributed by atoms with E-state index < -0.39 is 11.9 Å². The first-order valence-electron chi connectivity index (χ1n) is 11.0. The van der Waals surface area contributed by atoms with Crippen molar-refractivity contribution in [1.29, 1.82) is 0 Å². The van der Waals surface area contributed by atoms with E-state index in [2.05, 4.69) is 17.2 Å². The van der Waals surface area contributed by atoms with E-state index in [0.717, 1.165) is 43.0 Å². The highest BCUT2D eigenvalue weighted by atomic mass is 35.5. The summed E-state index contributed by atoms with van der Waals surface area (Å²) in [6, 6.07) is 3.17. The van der Waals surface area contributed by atoms with Gasteiger partial charge in [0.25, 0.3) is 0 Å². The molecule has 3 atom stereocenters. The molecule has 172 valence electrons. The van der Waals surface area contributed by atoms with Crippen molar-refractivity contribution < 1.29 is 19.0 Å². The fourth-order valence-corrected chi connectivity index (χ4v) is 4.47. The third-order valence-electron chi connectivity index (χ3n) is 6.17. The van der Waals surface area contributed by atoms with Gasteiger partial charge in [0.05, 0.1) is 36.0 Å². The van der Waals surface area contributed by atoms with Gasteiger partial charge in [0, 0.05) is 25.8 Å². The van der Waals surface area contributed by atoms with E-state index in [0.29, 0.717) is 31.0 Å². The molecule has 7 nitrogen and oxygen atoms in total. The molecular formula is C23H28ClFN4O3. The maximum Gasteiger partial charge on any atom is 0.318 e. The Balaban J connectivity index is 1.41. The number of ether oxygens (including phenoxy) is 1. The summed E-state index contributed by atoms with van der Waals surface area (Å²) in [5, 5.41) is 12.5. The third kappa shape index (κ3) is 5.36. The van der Waals surface area contributed by atoms with Crippen molar-refractivity contribution in [1.82, 2.24) is 20.2 Å². The van der Waals surface area contributed by atoms with E-state index in [9.17, 15) is 14.3 Å². The number of urea groups is 1. The first-order chi connectivity index (χ1) is 15.4. The van der Waals surface area contributed by atoms with Gasteiger partial charge in [-0.3, -0.25) is 0 Å². The van der Waals surface area contributed by atoms with Crippen molar-refractivity contribution in [3.05, 3.63) is 57.9 Å². The van der Waals surface area contributed by atoms with Crippen LogP contribution in [-0.2, 0) is 24.1 Å². The molecule has 1 aromatic carbocycles. The van der Waals surface area contributed by atoms with Crippen molar-refractivity contribution in [2.24, 2.45) is 5.92 Å². The lowest BCUT2D eigenvalue weighted by atomic mass is 9.92. The summed E-state index contributed by atoms with van der Waals surface area (Å²) < 4.78 is 19.4. The average Bonchev–Trinajstić information content (AvgIpc) is 2.78. The summed E-state index contributed by atoms with van der Waals surface area (Å²) in [4.78, 5) is 23.8. The highest BCUT2D eigenvalue weighted by molar-refractivity contribution is 6.30. The van der Waals surface area contributed by atoms with Crippen LogP contribution in [0, 0.1) is 11.7 Å². The quantitative estimate of drug-likeness (QED) is 0.710. The summed E-state index contributed by atoms with van der Waals surface area (Å²) in [7, 11) is 0. The van der Waals surface area contributed by atoms with E-state index >= 15 is 0 Å². The number of aromatic nitrogens is 2. The van der Waals surface area contributed by atoms with Gasteiger partial charge >= 0.3 is 6.03 Å². The van der Waals surface area contributed by atoms with Crippen LogP contribution >= 0.6 is 11.6 Å². The van der Waals surface area contributed by atoms with Crippen LogP contribution < -0.4 is 5.32 Å². The van der Waals surface area contributed by atoms with Crippen LogP contribution in [0.1, 0.15) is 48.5 Å². The molecule has 2 aliphatic heterocycles. The minimum atomic E-state index is -0.730. The van der Waals surface area contributed by atoms with Crippen LogP contribution in [0.25, 0.3) is 0 Å². The Morgan fingerprint density at radius 3 is 3.06 bits per heavy atom. The molecule has 1 aromatic heterocycles. The van der Waals surface area contributed by atoms with Gasteiger partial charge in [-0.05, 0) is 55.4 Å². The number of nitrogens with zero attached hydrogens (tertiary/aromatic N) is 3.